The van der Waals surface area contributed by atoms with Crippen molar-refractivity contribution in [2.24, 2.45) is 0 Å². The third-order valence-corrected chi connectivity index (χ3v) is 3.47. The molecule has 19 heavy (non-hydrogen) atoms. The standard InChI is InChI=1S/C14H12BrClN2O/c1-8-3-4-10(15)6-11(8)14(19)18-12-7-17-13(16)5-9(12)2/h3-7H,1-2H3,(H,18,19). The number of nitrogens with one attached hydrogen (secondary N) is 1. The van der Waals surface area contributed by atoms with E-state index in [-0.39, 0.29) is 5.91 Å². The number of carbonyl (C=O) groups excluding carboxylic acids is 1. The number of rotatable bonds is 2. The lowest BCUT2D eigenvalue weighted by atomic mass is 10.1. The molecule has 0 spiro atoms. The summed E-state index contributed by atoms with van der Waals surface area (Å²) in [6, 6.07) is 7.31. The third-order valence-electron chi connectivity index (χ3n) is 2.77. The number of aryl methyl sites for hydroxylation is 2. The Balaban J connectivity index is 2.28. The first-order chi connectivity index (χ1) is 8.97. The van der Waals surface area contributed by atoms with Crippen molar-refractivity contribution in [3.63, 3.8) is 0 Å². The van der Waals surface area contributed by atoms with E-state index in [1.165, 1.54) is 0 Å². The monoisotopic (exact) mass is 338 g/mol. The molecule has 0 saturated carbocycles. The number of aromatic nitrogens is 1. The highest BCUT2D eigenvalue weighted by atomic mass is 79.9. The van der Waals surface area contributed by atoms with Crippen LogP contribution in [0.15, 0.2) is 34.9 Å². The highest BCUT2D eigenvalue weighted by molar-refractivity contribution is 9.10. The molecule has 5 heteroatoms. The van der Waals surface area contributed by atoms with Crippen LogP contribution in [0.1, 0.15) is 21.5 Å². The maximum Gasteiger partial charge on any atom is 0.256 e. The SMILES string of the molecule is Cc1cc(Cl)ncc1NC(=O)c1cc(Br)ccc1C. The minimum Gasteiger partial charge on any atom is -0.320 e. The predicted octanol–water partition coefficient (Wildman–Crippen LogP) is 4.37. The van der Waals surface area contributed by atoms with Crippen LogP contribution in [0.2, 0.25) is 5.15 Å². The van der Waals surface area contributed by atoms with Gasteiger partial charge in [-0.3, -0.25) is 4.79 Å². The van der Waals surface area contributed by atoms with Crippen molar-refractivity contribution in [2.75, 3.05) is 5.32 Å². The number of carbonyl (C=O) groups is 1. The largest absolute Gasteiger partial charge is 0.320 e. The second kappa shape index (κ2) is 5.72. The van der Waals surface area contributed by atoms with Crippen molar-refractivity contribution in [1.29, 1.82) is 0 Å². The number of amides is 1. The Morgan fingerprint density at radius 2 is 2.00 bits per heavy atom. The fourth-order valence-corrected chi connectivity index (χ4v) is 2.25. The lowest BCUT2D eigenvalue weighted by molar-refractivity contribution is 0.102. The summed E-state index contributed by atoms with van der Waals surface area (Å²) in [7, 11) is 0. The van der Waals surface area contributed by atoms with E-state index >= 15 is 0 Å². The van der Waals surface area contributed by atoms with Crippen molar-refractivity contribution >= 4 is 39.1 Å². The quantitative estimate of drug-likeness (QED) is 0.826. The van der Waals surface area contributed by atoms with Crippen LogP contribution in [0.25, 0.3) is 0 Å². The Morgan fingerprint density at radius 1 is 1.26 bits per heavy atom. The van der Waals surface area contributed by atoms with Gasteiger partial charge in [0.05, 0.1) is 11.9 Å². The highest BCUT2D eigenvalue weighted by Gasteiger charge is 2.11. The zero-order valence-electron chi connectivity index (χ0n) is 10.5. The van der Waals surface area contributed by atoms with E-state index in [4.69, 9.17) is 11.6 Å². The van der Waals surface area contributed by atoms with Gasteiger partial charge in [0.25, 0.3) is 5.91 Å². The minimum absolute atomic E-state index is 0.161. The molecule has 1 N–H and O–H groups in total. The minimum atomic E-state index is -0.161. The third kappa shape index (κ3) is 3.33. The summed E-state index contributed by atoms with van der Waals surface area (Å²) >= 11 is 9.15. The van der Waals surface area contributed by atoms with Crippen LogP contribution < -0.4 is 5.32 Å². The molecule has 1 amide bonds. The second-order valence-corrected chi connectivity index (χ2v) is 5.54. The van der Waals surface area contributed by atoms with Gasteiger partial charge in [0.1, 0.15) is 5.15 Å². The Morgan fingerprint density at radius 3 is 2.68 bits per heavy atom. The number of hydrogen-bond acceptors (Lipinski definition) is 2. The first-order valence-electron chi connectivity index (χ1n) is 5.67. The van der Waals surface area contributed by atoms with E-state index in [9.17, 15) is 4.79 Å². The first kappa shape index (κ1) is 14.0. The lowest BCUT2D eigenvalue weighted by Crippen LogP contribution is -2.14. The molecule has 1 aromatic carbocycles. The predicted molar refractivity (Wildman–Crippen MR) is 80.8 cm³/mol. The zero-order chi connectivity index (χ0) is 14.0. The van der Waals surface area contributed by atoms with Crippen LogP contribution in [0.3, 0.4) is 0 Å². The number of hydrogen-bond donors (Lipinski definition) is 1. The van der Waals surface area contributed by atoms with E-state index in [0.717, 1.165) is 15.6 Å². The molecular weight excluding hydrogens is 328 g/mol. The van der Waals surface area contributed by atoms with E-state index in [2.05, 4.69) is 26.2 Å². The van der Waals surface area contributed by atoms with Gasteiger partial charge in [-0.1, -0.05) is 33.6 Å². The fraction of sp³-hybridized carbons (Fsp3) is 0.143. The number of pyridine rings is 1. The van der Waals surface area contributed by atoms with Crippen LogP contribution in [0.4, 0.5) is 5.69 Å². The highest BCUT2D eigenvalue weighted by Crippen LogP contribution is 2.20. The maximum atomic E-state index is 12.2. The van der Waals surface area contributed by atoms with E-state index in [0.29, 0.717) is 16.4 Å². The van der Waals surface area contributed by atoms with Gasteiger partial charge in [-0.25, -0.2) is 4.98 Å². The molecule has 2 rings (SSSR count). The molecular formula is C14H12BrClN2O. The van der Waals surface area contributed by atoms with Crippen LogP contribution in [-0.4, -0.2) is 10.9 Å². The number of anilines is 1. The van der Waals surface area contributed by atoms with Gasteiger partial charge in [0, 0.05) is 10.0 Å². The summed E-state index contributed by atoms with van der Waals surface area (Å²) < 4.78 is 0.870. The Hall–Kier alpha value is -1.39. The van der Waals surface area contributed by atoms with Gasteiger partial charge in [0.15, 0.2) is 0 Å². The summed E-state index contributed by atoms with van der Waals surface area (Å²) in [6.45, 7) is 3.77. The molecule has 2 aromatic rings. The summed E-state index contributed by atoms with van der Waals surface area (Å²) in [4.78, 5) is 16.2. The van der Waals surface area contributed by atoms with Crippen molar-refractivity contribution in [2.45, 2.75) is 13.8 Å². The Kier molecular flexibility index (Phi) is 4.22. The van der Waals surface area contributed by atoms with Crippen molar-refractivity contribution in [3.8, 4) is 0 Å². The summed E-state index contributed by atoms with van der Waals surface area (Å²) in [5.41, 5.74) is 3.08. The summed E-state index contributed by atoms with van der Waals surface area (Å²) in [5.74, 6) is -0.161. The van der Waals surface area contributed by atoms with Gasteiger partial charge in [-0.2, -0.15) is 0 Å². The van der Waals surface area contributed by atoms with E-state index in [1.807, 2.05) is 26.0 Å². The summed E-state index contributed by atoms with van der Waals surface area (Å²) in [6.07, 6.45) is 1.56. The number of benzene rings is 1. The normalized spacial score (nSPS) is 10.3. The molecule has 1 aromatic heterocycles. The molecule has 98 valence electrons. The molecule has 0 bridgehead atoms. The molecule has 0 unspecified atom stereocenters. The van der Waals surface area contributed by atoms with Gasteiger partial charge >= 0.3 is 0 Å². The van der Waals surface area contributed by atoms with Crippen molar-refractivity contribution < 1.29 is 4.79 Å². The smallest absolute Gasteiger partial charge is 0.256 e. The van der Waals surface area contributed by atoms with E-state index < -0.39 is 0 Å². The molecule has 0 aliphatic heterocycles. The van der Waals surface area contributed by atoms with Gasteiger partial charge in [-0.05, 0) is 43.2 Å². The number of halogens is 2. The number of nitrogens with zero attached hydrogens (tertiary/aromatic N) is 1. The maximum absolute atomic E-state index is 12.2. The van der Waals surface area contributed by atoms with Crippen molar-refractivity contribution in [1.82, 2.24) is 4.98 Å². The Bertz CT molecular complexity index is 643. The van der Waals surface area contributed by atoms with Gasteiger partial charge in [0.2, 0.25) is 0 Å². The molecule has 1 heterocycles. The second-order valence-electron chi connectivity index (χ2n) is 4.24. The van der Waals surface area contributed by atoms with Gasteiger partial charge < -0.3 is 5.32 Å². The topological polar surface area (TPSA) is 42.0 Å². The molecule has 0 radical (unpaired) electrons. The molecule has 0 fully saturated rings. The summed E-state index contributed by atoms with van der Waals surface area (Å²) in [5, 5.41) is 3.25. The lowest BCUT2D eigenvalue weighted by Gasteiger charge is -2.10. The average Bonchev–Trinajstić information content (AvgIpc) is 2.35. The van der Waals surface area contributed by atoms with Crippen LogP contribution >= 0.6 is 27.5 Å². The van der Waals surface area contributed by atoms with Crippen LogP contribution in [-0.2, 0) is 0 Å². The molecule has 3 nitrogen and oxygen atoms in total. The molecule has 0 saturated heterocycles. The fourth-order valence-electron chi connectivity index (χ4n) is 1.68. The van der Waals surface area contributed by atoms with Crippen molar-refractivity contribution in [3.05, 3.63) is 56.8 Å². The molecule has 0 aliphatic carbocycles. The van der Waals surface area contributed by atoms with Crippen LogP contribution in [0.5, 0.6) is 0 Å². The first-order valence-corrected chi connectivity index (χ1v) is 6.84. The zero-order valence-corrected chi connectivity index (χ0v) is 12.8. The van der Waals surface area contributed by atoms with Crippen LogP contribution in [0, 0.1) is 13.8 Å². The Labute approximate surface area is 125 Å². The van der Waals surface area contributed by atoms with E-state index in [1.54, 1.807) is 18.3 Å². The molecule has 0 aliphatic rings. The average molecular weight is 340 g/mol. The molecule has 0 atom stereocenters. The van der Waals surface area contributed by atoms with Gasteiger partial charge in [-0.15, -0.1) is 0 Å².